The Morgan fingerprint density at radius 1 is 1.30 bits per heavy atom. The van der Waals surface area contributed by atoms with Crippen molar-refractivity contribution in [1.82, 2.24) is 15.1 Å². The van der Waals surface area contributed by atoms with E-state index < -0.39 is 0 Å². The van der Waals surface area contributed by atoms with Gasteiger partial charge in [-0.15, -0.1) is 0 Å². The first-order valence-electron chi connectivity index (χ1n) is 7.81. The molecule has 4 heteroatoms. The van der Waals surface area contributed by atoms with Crippen LogP contribution in [0, 0.1) is 11.8 Å². The zero-order chi connectivity index (χ0) is 15.0. The molecule has 0 aromatic rings. The second-order valence-corrected chi connectivity index (χ2v) is 6.48. The molecule has 1 rings (SSSR count). The number of rotatable bonds is 7. The second-order valence-electron chi connectivity index (χ2n) is 6.48. The van der Waals surface area contributed by atoms with Gasteiger partial charge in [-0.25, -0.2) is 4.79 Å². The van der Waals surface area contributed by atoms with Crippen molar-refractivity contribution >= 4 is 6.03 Å². The summed E-state index contributed by atoms with van der Waals surface area (Å²) < 4.78 is 0. The zero-order valence-electron chi connectivity index (χ0n) is 13.6. The predicted molar refractivity (Wildman–Crippen MR) is 84.8 cm³/mol. The molecule has 2 amide bonds. The number of likely N-dealkylation sites (N-methyl/N-ethyl adjacent to an activating group) is 1. The maximum absolute atomic E-state index is 12.3. The van der Waals surface area contributed by atoms with Crippen molar-refractivity contribution < 1.29 is 4.79 Å². The van der Waals surface area contributed by atoms with Gasteiger partial charge in [0.2, 0.25) is 0 Å². The van der Waals surface area contributed by atoms with E-state index in [9.17, 15) is 4.79 Å². The normalized spacial score (nSPS) is 18.6. The number of carbonyl (C=O) groups is 1. The molecule has 1 aliphatic rings. The van der Waals surface area contributed by atoms with Gasteiger partial charge in [0.15, 0.2) is 0 Å². The molecule has 0 aromatic carbocycles. The Balaban J connectivity index is 2.38. The molecule has 116 valence electrons. The largest absolute Gasteiger partial charge is 0.338 e. The van der Waals surface area contributed by atoms with Gasteiger partial charge in [-0.05, 0) is 45.2 Å². The molecule has 1 aliphatic carbocycles. The molecule has 0 aliphatic heterocycles. The summed E-state index contributed by atoms with van der Waals surface area (Å²) in [5.41, 5.74) is 0. The van der Waals surface area contributed by atoms with Gasteiger partial charge in [-0.1, -0.05) is 26.0 Å². The number of amides is 2. The SMILES string of the molecule is CC(C)CN(CCN(C)C)C(=O)NCC1CC=CCC1. The molecule has 0 fully saturated rings. The van der Waals surface area contributed by atoms with Gasteiger partial charge >= 0.3 is 6.03 Å². The maximum atomic E-state index is 12.3. The fourth-order valence-corrected chi connectivity index (χ4v) is 2.42. The molecule has 0 spiro atoms. The first kappa shape index (κ1) is 17.0. The van der Waals surface area contributed by atoms with Crippen molar-refractivity contribution in [2.75, 3.05) is 40.3 Å². The number of allylic oxidation sites excluding steroid dienone is 2. The Labute approximate surface area is 124 Å². The summed E-state index contributed by atoms with van der Waals surface area (Å²) in [5.74, 6) is 1.11. The standard InChI is InChI=1S/C16H31N3O/c1-14(2)13-19(11-10-18(3)4)16(20)17-12-15-8-6-5-7-9-15/h5-6,14-15H,7-13H2,1-4H3,(H,17,20). The lowest BCUT2D eigenvalue weighted by Crippen LogP contribution is -2.46. The Morgan fingerprint density at radius 2 is 2.05 bits per heavy atom. The van der Waals surface area contributed by atoms with Crippen LogP contribution in [0.5, 0.6) is 0 Å². The highest BCUT2D eigenvalue weighted by atomic mass is 16.2. The number of urea groups is 1. The van der Waals surface area contributed by atoms with Gasteiger partial charge in [-0.2, -0.15) is 0 Å². The molecule has 1 atom stereocenters. The van der Waals surface area contributed by atoms with Crippen molar-refractivity contribution in [1.29, 1.82) is 0 Å². The van der Waals surface area contributed by atoms with Crippen molar-refractivity contribution in [2.45, 2.75) is 33.1 Å². The summed E-state index contributed by atoms with van der Waals surface area (Å²) >= 11 is 0. The number of hydrogen-bond acceptors (Lipinski definition) is 2. The molecular formula is C16H31N3O. The summed E-state index contributed by atoms with van der Waals surface area (Å²) in [4.78, 5) is 16.4. The highest BCUT2D eigenvalue weighted by molar-refractivity contribution is 5.74. The van der Waals surface area contributed by atoms with Crippen LogP contribution in [0.1, 0.15) is 33.1 Å². The van der Waals surface area contributed by atoms with E-state index >= 15 is 0 Å². The van der Waals surface area contributed by atoms with Crippen LogP contribution >= 0.6 is 0 Å². The van der Waals surface area contributed by atoms with Gasteiger partial charge in [0.25, 0.3) is 0 Å². The fourth-order valence-electron chi connectivity index (χ4n) is 2.42. The predicted octanol–water partition coefficient (Wildman–Crippen LogP) is 2.57. The topological polar surface area (TPSA) is 35.6 Å². The number of carbonyl (C=O) groups excluding carboxylic acids is 1. The van der Waals surface area contributed by atoms with E-state index in [0.717, 1.165) is 39.0 Å². The highest BCUT2D eigenvalue weighted by Gasteiger charge is 2.17. The van der Waals surface area contributed by atoms with Crippen molar-refractivity contribution in [3.05, 3.63) is 12.2 Å². The highest BCUT2D eigenvalue weighted by Crippen LogP contribution is 2.17. The van der Waals surface area contributed by atoms with Gasteiger partial charge in [-0.3, -0.25) is 0 Å². The van der Waals surface area contributed by atoms with E-state index in [1.807, 2.05) is 19.0 Å². The number of nitrogens with one attached hydrogen (secondary N) is 1. The first-order chi connectivity index (χ1) is 9.49. The van der Waals surface area contributed by atoms with E-state index in [1.165, 1.54) is 6.42 Å². The van der Waals surface area contributed by atoms with E-state index in [2.05, 4.69) is 36.2 Å². The molecule has 0 bridgehead atoms. The smallest absolute Gasteiger partial charge is 0.317 e. The van der Waals surface area contributed by atoms with Crippen LogP contribution in [0.2, 0.25) is 0 Å². The minimum atomic E-state index is 0.0927. The third-order valence-electron chi connectivity index (χ3n) is 3.61. The lowest BCUT2D eigenvalue weighted by atomic mass is 9.94. The fraction of sp³-hybridized carbons (Fsp3) is 0.812. The molecule has 0 saturated carbocycles. The molecule has 20 heavy (non-hydrogen) atoms. The molecule has 0 saturated heterocycles. The third-order valence-corrected chi connectivity index (χ3v) is 3.61. The van der Waals surface area contributed by atoms with Crippen molar-refractivity contribution in [3.63, 3.8) is 0 Å². The van der Waals surface area contributed by atoms with Crippen LogP contribution < -0.4 is 5.32 Å². The van der Waals surface area contributed by atoms with E-state index in [4.69, 9.17) is 0 Å². The average molecular weight is 281 g/mol. The average Bonchev–Trinajstić information content (AvgIpc) is 2.41. The molecule has 0 aromatic heterocycles. The Kier molecular flexibility index (Phi) is 7.67. The number of nitrogens with zero attached hydrogens (tertiary/aromatic N) is 2. The van der Waals surface area contributed by atoms with Gasteiger partial charge in [0.05, 0.1) is 0 Å². The molecule has 0 radical (unpaired) electrons. The van der Waals surface area contributed by atoms with Gasteiger partial charge < -0.3 is 15.1 Å². The molecule has 0 heterocycles. The minimum Gasteiger partial charge on any atom is -0.338 e. The maximum Gasteiger partial charge on any atom is 0.317 e. The quantitative estimate of drug-likeness (QED) is 0.728. The summed E-state index contributed by atoms with van der Waals surface area (Å²) in [7, 11) is 4.08. The first-order valence-corrected chi connectivity index (χ1v) is 7.81. The summed E-state index contributed by atoms with van der Waals surface area (Å²) in [6.07, 6.45) is 7.91. The van der Waals surface area contributed by atoms with Crippen LogP contribution in [-0.2, 0) is 0 Å². The van der Waals surface area contributed by atoms with Crippen LogP contribution in [0.3, 0.4) is 0 Å². The summed E-state index contributed by atoms with van der Waals surface area (Å²) in [5, 5.41) is 3.12. The van der Waals surface area contributed by atoms with Crippen molar-refractivity contribution in [2.24, 2.45) is 11.8 Å². The van der Waals surface area contributed by atoms with Crippen LogP contribution in [0.15, 0.2) is 12.2 Å². The van der Waals surface area contributed by atoms with Crippen LogP contribution in [0.4, 0.5) is 4.79 Å². The summed E-state index contributed by atoms with van der Waals surface area (Å²) in [6.45, 7) is 7.64. The van der Waals surface area contributed by atoms with Gasteiger partial charge in [0, 0.05) is 26.2 Å². The van der Waals surface area contributed by atoms with E-state index in [1.54, 1.807) is 0 Å². The second kappa shape index (κ2) is 9.01. The molecule has 1 unspecified atom stereocenters. The van der Waals surface area contributed by atoms with E-state index in [0.29, 0.717) is 11.8 Å². The van der Waals surface area contributed by atoms with Gasteiger partial charge in [0.1, 0.15) is 0 Å². The lowest BCUT2D eigenvalue weighted by Gasteiger charge is -2.27. The minimum absolute atomic E-state index is 0.0927. The third kappa shape index (κ3) is 6.94. The molecular weight excluding hydrogens is 250 g/mol. The van der Waals surface area contributed by atoms with Crippen molar-refractivity contribution in [3.8, 4) is 0 Å². The Hall–Kier alpha value is -1.03. The monoisotopic (exact) mass is 281 g/mol. The summed E-state index contributed by atoms with van der Waals surface area (Å²) in [6, 6.07) is 0.0927. The Bertz CT molecular complexity index is 313. The number of hydrogen-bond donors (Lipinski definition) is 1. The Morgan fingerprint density at radius 3 is 2.60 bits per heavy atom. The van der Waals surface area contributed by atoms with Crippen LogP contribution in [-0.4, -0.2) is 56.1 Å². The van der Waals surface area contributed by atoms with Crippen LogP contribution in [0.25, 0.3) is 0 Å². The lowest BCUT2D eigenvalue weighted by molar-refractivity contribution is 0.182. The molecule has 4 nitrogen and oxygen atoms in total. The molecule has 1 N–H and O–H groups in total. The zero-order valence-corrected chi connectivity index (χ0v) is 13.6. The van der Waals surface area contributed by atoms with E-state index in [-0.39, 0.29) is 6.03 Å².